The second kappa shape index (κ2) is 11.0. The molecule has 6 heteroatoms. The van der Waals surface area contributed by atoms with Gasteiger partial charge >= 0.3 is 0 Å². The quantitative estimate of drug-likeness (QED) is 0.250. The molecule has 38 heavy (non-hydrogen) atoms. The predicted molar refractivity (Wildman–Crippen MR) is 153 cm³/mol. The molecule has 6 aromatic rings. The van der Waals surface area contributed by atoms with Crippen LogP contribution in [-0.2, 0) is 13.0 Å². The molecule has 6 rings (SSSR count). The van der Waals surface area contributed by atoms with Crippen LogP contribution in [0.2, 0.25) is 0 Å². The summed E-state index contributed by atoms with van der Waals surface area (Å²) in [5.41, 5.74) is 8.87. The third-order valence-electron chi connectivity index (χ3n) is 6.54. The van der Waals surface area contributed by atoms with Crippen molar-refractivity contribution in [2.45, 2.75) is 27.3 Å². The number of tetrazole rings is 1. The number of rotatable bonds is 7. The number of nitrogens with one attached hydrogen (secondary N) is 1. The first-order chi connectivity index (χ1) is 18.3. The van der Waals surface area contributed by atoms with Crippen LogP contribution in [0, 0.1) is 0 Å². The van der Waals surface area contributed by atoms with Gasteiger partial charge in [-0.15, -0.1) is 10.2 Å². The van der Waals surface area contributed by atoms with Gasteiger partial charge in [-0.3, -0.25) is 0 Å². The zero-order chi connectivity index (χ0) is 25.0. The highest BCUT2D eigenvalue weighted by atomic mass is 15.5. The van der Waals surface area contributed by atoms with Gasteiger partial charge in [0.05, 0.1) is 11.4 Å². The molecule has 2 heterocycles. The van der Waals surface area contributed by atoms with Crippen LogP contribution in [0.25, 0.3) is 45.0 Å². The summed E-state index contributed by atoms with van der Waals surface area (Å²) in [4.78, 5) is 5.30. The molecule has 4 aromatic carbocycles. The summed E-state index contributed by atoms with van der Waals surface area (Å²) in [7, 11) is 0. The maximum atomic E-state index is 5.30. The fraction of sp³-hybridized carbons (Fsp3) is 0.125. The van der Waals surface area contributed by atoms with Gasteiger partial charge in [-0.1, -0.05) is 122 Å². The van der Waals surface area contributed by atoms with Crippen LogP contribution in [0.5, 0.6) is 0 Å². The highest BCUT2D eigenvalue weighted by Gasteiger charge is 2.22. The summed E-state index contributed by atoms with van der Waals surface area (Å²) in [5, 5.41) is 14.4. The zero-order valence-corrected chi connectivity index (χ0v) is 20.5. The average Bonchev–Trinajstić information content (AvgIpc) is 3.62. The first kappa shape index (κ1) is 24.8. The summed E-state index contributed by atoms with van der Waals surface area (Å²) in [6, 6.07) is 38.0. The van der Waals surface area contributed by atoms with E-state index < -0.39 is 0 Å². The standard InChI is InChI=1S/C31H26N6.CH4/c1-2-37-30(24-15-7-4-8-16-24)29(23-13-5-3-6-14-23)32-31(37)27-19-10-9-18-26(27)25-17-11-12-22(20-25)21-28-33-35-36-34-28;/h3-20H,2,21H2,1H3,(H,33,34,35,36);1H4. The smallest absolute Gasteiger partial charge is 0.178 e. The van der Waals surface area contributed by atoms with Gasteiger partial charge in [0, 0.05) is 29.7 Å². The third-order valence-corrected chi connectivity index (χ3v) is 6.54. The lowest BCUT2D eigenvalue weighted by atomic mass is 9.97. The Morgan fingerprint density at radius 1 is 0.711 bits per heavy atom. The molecule has 0 spiro atoms. The highest BCUT2D eigenvalue weighted by molar-refractivity contribution is 5.87. The van der Waals surface area contributed by atoms with E-state index in [4.69, 9.17) is 4.98 Å². The van der Waals surface area contributed by atoms with Gasteiger partial charge in [0.15, 0.2) is 5.82 Å². The van der Waals surface area contributed by atoms with Crippen LogP contribution < -0.4 is 0 Å². The normalized spacial score (nSPS) is 10.8. The van der Waals surface area contributed by atoms with Crippen LogP contribution >= 0.6 is 0 Å². The first-order valence-corrected chi connectivity index (χ1v) is 12.4. The number of aromatic amines is 1. The van der Waals surface area contributed by atoms with Crippen molar-refractivity contribution in [3.8, 4) is 45.0 Å². The summed E-state index contributed by atoms with van der Waals surface area (Å²) < 4.78 is 2.33. The van der Waals surface area contributed by atoms with Crippen molar-refractivity contribution in [2.75, 3.05) is 0 Å². The molecule has 0 fully saturated rings. The van der Waals surface area contributed by atoms with Gasteiger partial charge in [0.2, 0.25) is 0 Å². The Balaban J connectivity index is 0.00000294. The van der Waals surface area contributed by atoms with Crippen LogP contribution in [0.1, 0.15) is 25.7 Å². The van der Waals surface area contributed by atoms with E-state index in [1.54, 1.807) is 0 Å². The molecule has 0 aliphatic rings. The Hall–Kier alpha value is -4.84. The molecule has 1 N–H and O–H groups in total. The van der Waals surface area contributed by atoms with Crippen molar-refractivity contribution in [3.63, 3.8) is 0 Å². The first-order valence-electron chi connectivity index (χ1n) is 12.4. The monoisotopic (exact) mass is 498 g/mol. The molecule has 0 aliphatic carbocycles. The van der Waals surface area contributed by atoms with Crippen molar-refractivity contribution >= 4 is 0 Å². The number of nitrogens with zero attached hydrogens (tertiary/aromatic N) is 5. The molecule has 2 aromatic heterocycles. The van der Waals surface area contributed by atoms with E-state index in [9.17, 15) is 0 Å². The van der Waals surface area contributed by atoms with Crippen molar-refractivity contribution in [2.24, 2.45) is 0 Å². The highest BCUT2D eigenvalue weighted by Crippen LogP contribution is 2.39. The molecule has 0 bridgehead atoms. The lowest BCUT2D eigenvalue weighted by molar-refractivity contribution is 0.778. The van der Waals surface area contributed by atoms with E-state index in [0.29, 0.717) is 12.2 Å². The van der Waals surface area contributed by atoms with Crippen molar-refractivity contribution in [1.82, 2.24) is 30.2 Å². The molecule has 0 unspecified atom stereocenters. The summed E-state index contributed by atoms with van der Waals surface area (Å²) in [5.74, 6) is 1.63. The van der Waals surface area contributed by atoms with E-state index in [2.05, 4.69) is 135 Å². The minimum Gasteiger partial charge on any atom is -0.324 e. The predicted octanol–water partition coefficient (Wildman–Crippen LogP) is 7.31. The van der Waals surface area contributed by atoms with Gasteiger partial charge in [-0.05, 0) is 23.6 Å². The summed E-state index contributed by atoms with van der Waals surface area (Å²) in [6.45, 7) is 2.98. The van der Waals surface area contributed by atoms with Crippen molar-refractivity contribution < 1.29 is 0 Å². The Labute approximate surface area is 223 Å². The Morgan fingerprint density at radius 3 is 2.05 bits per heavy atom. The molecular formula is C32H30N6. The fourth-order valence-electron chi connectivity index (χ4n) is 4.87. The Bertz CT molecular complexity index is 1620. The molecule has 0 saturated carbocycles. The molecule has 0 atom stereocenters. The lowest BCUT2D eigenvalue weighted by Crippen LogP contribution is -2.01. The number of imidazole rings is 1. The third kappa shape index (κ3) is 4.76. The molecule has 0 aliphatic heterocycles. The number of hydrogen-bond donors (Lipinski definition) is 1. The van der Waals surface area contributed by atoms with Crippen LogP contribution in [0.3, 0.4) is 0 Å². The molecule has 0 saturated heterocycles. The summed E-state index contributed by atoms with van der Waals surface area (Å²) >= 11 is 0. The van der Waals surface area contributed by atoms with Gasteiger partial charge in [0.1, 0.15) is 5.82 Å². The molecule has 0 radical (unpaired) electrons. The zero-order valence-electron chi connectivity index (χ0n) is 20.5. The minimum absolute atomic E-state index is 0. The van der Waals surface area contributed by atoms with Gasteiger partial charge in [0.25, 0.3) is 0 Å². The summed E-state index contributed by atoms with van der Waals surface area (Å²) in [6.07, 6.45) is 0.617. The van der Waals surface area contributed by atoms with E-state index in [-0.39, 0.29) is 7.43 Å². The number of hydrogen-bond acceptors (Lipinski definition) is 4. The van der Waals surface area contributed by atoms with E-state index in [0.717, 1.165) is 57.1 Å². The number of H-pyrrole nitrogens is 1. The Morgan fingerprint density at radius 2 is 1.37 bits per heavy atom. The molecular weight excluding hydrogens is 468 g/mol. The van der Waals surface area contributed by atoms with Crippen molar-refractivity contribution in [3.05, 3.63) is 121 Å². The SMILES string of the molecule is C.CCn1c(-c2ccccc2-c2cccc(Cc3nn[nH]n3)c2)nc(-c2ccccc2)c1-c1ccccc1. The van der Waals surface area contributed by atoms with Crippen molar-refractivity contribution in [1.29, 1.82) is 0 Å². The topological polar surface area (TPSA) is 72.3 Å². The minimum atomic E-state index is 0. The molecule has 6 nitrogen and oxygen atoms in total. The second-order valence-electron chi connectivity index (χ2n) is 8.86. The largest absolute Gasteiger partial charge is 0.324 e. The average molecular weight is 499 g/mol. The number of aromatic nitrogens is 6. The number of benzene rings is 4. The van der Waals surface area contributed by atoms with Gasteiger partial charge < -0.3 is 4.57 Å². The van der Waals surface area contributed by atoms with E-state index in [1.165, 1.54) is 0 Å². The lowest BCUT2D eigenvalue weighted by Gasteiger charge is -2.14. The van der Waals surface area contributed by atoms with Crippen LogP contribution in [0.4, 0.5) is 0 Å². The maximum absolute atomic E-state index is 5.30. The van der Waals surface area contributed by atoms with Crippen LogP contribution in [0.15, 0.2) is 109 Å². The Kier molecular flexibility index (Phi) is 7.22. The van der Waals surface area contributed by atoms with E-state index in [1.807, 2.05) is 6.07 Å². The van der Waals surface area contributed by atoms with Gasteiger partial charge in [-0.2, -0.15) is 5.21 Å². The van der Waals surface area contributed by atoms with Gasteiger partial charge in [-0.25, -0.2) is 4.98 Å². The van der Waals surface area contributed by atoms with E-state index >= 15 is 0 Å². The second-order valence-corrected chi connectivity index (χ2v) is 8.86. The molecule has 0 amide bonds. The maximum Gasteiger partial charge on any atom is 0.178 e. The van der Waals surface area contributed by atoms with Crippen LogP contribution in [-0.4, -0.2) is 30.2 Å². The fourth-order valence-corrected chi connectivity index (χ4v) is 4.87. The molecule has 188 valence electrons.